The average Bonchev–Trinajstić information content (AvgIpc) is 2.92. The molecule has 140 valence electrons. The quantitative estimate of drug-likeness (QED) is 0.688. The molecule has 2 rings (SSSR count). The number of rotatable bonds is 9. The normalized spacial score (nSPS) is 27.2. The van der Waals surface area contributed by atoms with Gasteiger partial charge in [0.2, 0.25) is 0 Å². The third kappa shape index (κ3) is 5.51. The lowest BCUT2D eigenvalue weighted by molar-refractivity contribution is -0.168. The Morgan fingerprint density at radius 1 is 1.20 bits per heavy atom. The SMILES string of the molecule is CCOC(=O)C[C@H]1C(OCC)O[C@H](C(C)O)[C@@H]1OCc1ccccc1. The fraction of sp³-hybridized carbons (Fsp3) is 0.632. The minimum Gasteiger partial charge on any atom is -0.466 e. The molecule has 1 aliphatic heterocycles. The highest BCUT2D eigenvalue weighted by Crippen LogP contribution is 2.35. The van der Waals surface area contributed by atoms with Crippen molar-refractivity contribution in [3.8, 4) is 0 Å². The van der Waals surface area contributed by atoms with Crippen LogP contribution in [0.4, 0.5) is 0 Å². The summed E-state index contributed by atoms with van der Waals surface area (Å²) in [5.74, 6) is -0.650. The zero-order valence-electron chi connectivity index (χ0n) is 15.1. The van der Waals surface area contributed by atoms with Crippen LogP contribution in [-0.2, 0) is 30.3 Å². The van der Waals surface area contributed by atoms with Crippen LogP contribution in [0.2, 0.25) is 0 Å². The monoisotopic (exact) mass is 352 g/mol. The molecule has 0 amide bonds. The van der Waals surface area contributed by atoms with E-state index in [2.05, 4.69) is 0 Å². The van der Waals surface area contributed by atoms with Crippen LogP contribution in [0.3, 0.4) is 0 Å². The summed E-state index contributed by atoms with van der Waals surface area (Å²) in [5, 5.41) is 10.1. The first-order chi connectivity index (χ1) is 12.1. The van der Waals surface area contributed by atoms with Crippen LogP contribution >= 0.6 is 0 Å². The molecule has 1 aliphatic rings. The summed E-state index contributed by atoms with van der Waals surface area (Å²) in [6.45, 7) is 6.42. The van der Waals surface area contributed by atoms with E-state index in [0.717, 1.165) is 5.56 Å². The molecule has 0 aliphatic carbocycles. The minimum atomic E-state index is -0.740. The lowest BCUT2D eigenvalue weighted by Gasteiger charge is -2.25. The molecule has 0 aromatic heterocycles. The van der Waals surface area contributed by atoms with Gasteiger partial charge in [-0.1, -0.05) is 30.3 Å². The van der Waals surface area contributed by atoms with Crippen LogP contribution in [-0.4, -0.2) is 48.9 Å². The Hall–Kier alpha value is -1.47. The number of esters is 1. The fourth-order valence-corrected chi connectivity index (χ4v) is 3.06. The lowest BCUT2D eigenvalue weighted by atomic mass is 9.94. The number of hydrogen-bond donors (Lipinski definition) is 1. The van der Waals surface area contributed by atoms with Crippen molar-refractivity contribution in [2.45, 2.75) is 58.4 Å². The summed E-state index contributed by atoms with van der Waals surface area (Å²) < 4.78 is 22.6. The van der Waals surface area contributed by atoms with Crippen molar-refractivity contribution < 1.29 is 28.8 Å². The molecule has 25 heavy (non-hydrogen) atoms. The number of benzene rings is 1. The number of carbonyl (C=O) groups excluding carboxylic acids is 1. The molecule has 0 radical (unpaired) electrons. The van der Waals surface area contributed by atoms with Gasteiger partial charge >= 0.3 is 5.97 Å². The van der Waals surface area contributed by atoms with E-state index in [0.29, 0.717) is 19.8 Å². The van der Waals surface area contributed by atoms with E-state index in [-0.39, 0.29) is 18.3 Å². The maximum Gasteiger partial charge on any atom is 0.306 e. The highest BCUT2D eigenvalue weighted by Gasteiger charge is 2.48. The second-order valence-corrected chi connectivity index (χ2v) is 6.10. The predicted octanol–water partition coefficient (Wildman–Crippen LogP) is 2.28. The molecule has 6 nitrogen and oxygen atoms in total. The fourth-order valence-electron chi connectivity index (χ4n) is 3.06. The molecule has 1 fully saturated rings. The highest BCUT2D eigenvalue weighted by molar-refractivity contribution is 5.69. The zero-order valence-corrected chi connectivity index (χ0v) is 15.1. The molecule has 0 spiro atoms. The standard InChI is InChI=1S/C19H28O6/c1-4-22-16(21)11-15-18(24-12-14-9-7-6-8-10-14)17(13(3)20)25-19(15)23-5-2/h6-10,13,15,17-20H,4-5,11-12H2,1-3H3/t13?,15-,17-,18-,19?/m1/s1. The molecule has 1 N–H and O–H groups in total. The number of aliphatic hydroxyl groups is 1. The van der Waals surface area contributed by atoms with E-state index in [4.69, 9.17) is 18.9 Å². The molecule has 0 saturated carbocycles. The van der Waals surface area contributed by atoms with Crippen molar-refractivity contribution in [3.63, 3.8) is 0 Å². The highest BCUT2D eigenvalue weighted by atomic mass is 16.7. The van der Waals surface area contributed by atoms with Gasteiger partial charge in [0.05, 0.1) is 31.8 Å². The Labute approximate surface area is 149 Å². The number of hydrogen-bond acceptors (Lipinski definition) is 6. The molecule has 1 saturated heterocycles. The van der Waals surface area contributed by atoms with E-state index >= 15 is 0 Å². The summed E-state index contributed by atoms with van der Waals surface area (Å²) >= 11 is 0. The Kier molecular flexibility index (Phi) is 7.84. The van der Waals surface area contributed by atoms with Gasteiger partial charge in [-0.2, -0.15) is 0 Å². The first-order valence-corrected chi connectivity index (χ1v) is 8.83. The van der Waals surface area contributed by atoms with Crippen molar-refractivity contribution in [2.24, 2.45) is 5.92 Å². The number of ether oxygens (including phenoxy) is 4. The van der Waals surface area contributed by atoms with Crippen LogP contribution in [0.1, 0.15) is 32.8 Å². The van der Waals surface area contributed by atoms with Crippen LogP contribution in [0, 0.1) is 5.92 Å². The van der Waals surface area contributed by atoms with Crippen LogP contribution in [0.25, 0.3) is 0 Å². The van der Waals surface area contributed by atoms with Crippen molar-refractivity contribution >= 4 is 5.97 Å². The summed E-state index contributed by atoms with van der Waals surface area (Å²) in [5.41, 5.74) is 1.02. The van der Waals surface area contributed by atoms with Crippen molar-refractivity contribution in [1.29, 1.82) is 0 Å². The third-order valence-electron chi connectivity index (χ3n) is 4.19. The maximum absolute atomic E-state index is 12.0. The molecule has 0 bridgehead atoms. The van der Waals surface area contributed by atoms with E-state index < -0.39 is 24.6 Å². The summed E-state index contributed by atoms with van der Waals surface area (Å²) in [6, 6.07) is 9.75. The molecule has 6 heteroatoms. The second kappa shape index (κ2) is 9.87. The molecular weight excluding hydrogens is 324 g/mol. The van der Waals surface area contributed by atoms with E-state index in [1.54, 1.807) is 13.8 Å². The van der Waals surface area contributed by atoms with E-state index in [9.17, 15) is 9.90 Å². The molecular formula is C19H28O6. The second-order valence-electron chi connectivity index (χ2n) is 6.10. The first kappa shape index (κ1) is 19.8. The van der Waals surface area contributed by atoms with Crippen LogP contribution in [0.15, 0.2) is 30.3 Å². The van der Waals surface area contributed by atoms with Gasteiger partial charge in [0.15, 0.2) is 6.29 Å². The molecule has 1 aromatic rings. The van der Waals surface area contributed by atoms with Gasteiger partial charge in [-0.3, -0.25) is 4.79 Å². The number of aliphatic hydroxyl groups excluding tert-OH is 1. The summed E-state index contributed by atoms with van der Waals surface area (Å²) in [4.78, 5) is 12.0. The Bertz CT molecular complexity index is 518. The largest absolute Gasteiger partial charge is 0.466 e. The molecule has 2 unspecified atom stereocenters. The minimum absolute atomic E-state index is 0.126. The van der Waals surface area contributed by atoms with Gasteiger partial charge in [-0.05, 0) is 26.3 Å². The van der Waals surface area contributed by atoms with Gasteiger partial charge in [-0.15, -0.1) is 0 Å². The van der Waals surface area contributed by atoms with Gasteiger partial charge < -0.3 is 24.1 Å². The molecule has 1 heterocycles. The van der Waals surface area contributed by atoms with Gasteiger partial charge in [0.1, 0.15) is 6.10 Å². The van der Waals surface area contributed by atoms with Gasteiger partial charge in [0.25, 0.3) is 0 Å². The zero-order chi connectivity index (χ0) is 18.2. The average molecular weight is 352 g/mol. The van der Waals surface area contributed by atoms with Crippen molar-refractivity contribution in [2.75, 3.05) is 13.2 Å². The van der Waals surface area contributed by atoms with Gasteiger partial charge in [-0.25, -0.2) is 0 Å². The number of carbonyl (C=O) groups is 1. The van der Waals surface area contributed by atoms with E-state index in [1.807, 2.05) is 37.3 Å². The molecule has 5 atom stereocenters. The van der Waals surface area contributed by atoms with Gasteiger partial charge in [0, 0.05) is 12.5 Å². The van der Waals surface area contributed by atoms with Crippen LogP contribution in [0.5, 0.6) is 0 Å². The van der Waals surface area contributed by atoms with Crippen molar-refractivity contribution in [3.05, 3.63) is 35.9 Å². The first-order valence-electron chi connectivity index (χ1n) is 8.83. The maximum atomic E-state index is 12.0. The smallest absolute Gasteiger partial charge is 0.306 e. The lowest BCUT2D eigenvalue weighted by Crippen LogP contribution is -2.38. The predicted molar refractivity (Wildman–Crippen MR) is 91.7 cm³/mol. The summed E-state index contributed by atoms with van der Waals surface area (Å²) in [6.07, 6.45) is -2.23. The Balaban J connectivity index is 2.13. The molecule has 1 aromatic carbocycles. The summed E-state index contributed by atoms with van der Waals surface area (Å²) in [7, 11) is 0. The van der Waals surface area contributed by atoms with E-state index in [1.165, 1.54) is 0 Å². The Morgan fingerprint density at radius 2 is 1.92 bits per heavy atom. The van der Waals surface area contributed by atoms with Crippen LogP contribution < -0.4 is 0 Å². The topological polar surface area (TPSA) is 74.2 Å². The Morgan fingerprint density at radius 3 is 2.52 bits per heavy atom. The third-order valence-corrected chi connectivity index (χ3v) is 4.19. The van der Waals surface area contributed by atoms with Crippen molar-refractivity contribution in [1.82, 2.24) is 0 Å².